The van der Waals surface area contributed by atoms with Crippen molar-refractivity contribution < 1.29 is 32.3 Å². The summed E-state index contributed by atoms with van der Waals surface area (Å²) in [5.74, 6) is -1.01. The normalized spacial score (nSPS) is 14.5. The highest BCUT2D eigenvalue weighted by molar-refractivity contribution is 7.89. The lowest BCUT2D eigenvalue weighted by Gasteiger charge is -2.33. The van der Waals surface area contributed by atoms with Crippen LogP contribution < -0.4 is 5.32 Å². The Balaban J connectivity index is 1.70. The molecule has 1 aliphatic rings. The minimum atomic E-state index is -3.78. The molecule has 0 spiro atoms. The van der Waals surface area contributed by atoms with Gasteiger partial charge < -0.3 is 19.7 Å². The summed E-state index contributed by atoms with van der Waals surface area (Å²) in [6.07, 6.45) is -0.457. The van der Waals surface area contributed by atoms with Gasteiger partial charge in [0, 0.05) is 36.6 Å². The number of aryl methyl sites for hydroxylation is 1. The van der Waals surface area contributed by atoms with Crippen LogP contribution in [0.5, 0.6) is 0 Å². The molecule has 1 aromatic heterocycles. The maximum absolute atomic E-state index is 13.0. The van der Waals surface area contributed by atoms with E-state index in [1.54, 1.807) is 13.8 Å². The Labute approximate surface area is 202 Å². The molecule has 12 heteroatoms. The van der Waals surface area contributed by atoms with Crippen LogP contribution in [0, 0.1) is 13.8 Å². The second-order valence-electron chi connectivity index (χ2n) is 7.55. The van der Waals surface area contributed by atoms with E-state index in [9.17, 15) is 22.8 Å². The highest BCUT2D eigenvalue weighted by Crippen LogP contribution is 2.33. The number of carbonyl (C=O) groups is 3. The molecule has 2 aromatic rings. The van der Waals surface area contributed by atoms with E-state index in [-0.39, 0.29) is 43.2 Å². The lowest BCUT2D eigenvalue weighted by molar-refractivity contribution is 0.0601. The standard InChI is InChI=1S/C22H27N3O7S2/c1-5-32-22(28)24-10-12-25(13-11-24)34(29,30)17-8-6-16(7-9-17)19(26)23-20-18(21(27)31-4)14(2)15(3)33-20/h6-9H,5,10-13H2,1-4H3,(H,23,26). The molecule has 1 saturated heterocycles. The van der Waals surface area contributed by atoms with Crippen molar-refractivity contribution in [1.82, 2.24) is 9.21 Å². The fraction of sp³-hybridized carbons (Fsp3) is 0.409. The van der Waals surface area contributed by atoms with Gasteiger partial charge in [0.25, 0.3) is 5.91 Å². The zero-order chi connectivity index (χ0) is 25.0. The number of nitrogens with one attached hydrogen (secondary N) is 1. The summed E-state index contributed by atoms with van der Waals surface area (Å²) < 4.78 is 37.1. The van der Waals surface area contributed by atoms with E-state index >= 15 is 0 Å². The Hall–Kier alpha value is -2.96. The Morgan fingerprint density at radius 2 is 1.68 bits per heavy atom. The molecular formula is C22H27N3O7S2. The number of benzene rings is 1. The first-order chi connectivity index (χ1) is 16.1. The Morgan fingerprint density at radius 1 is 1.06 bits per heavy atom. The van der Waals surface area contributed by atoms with Crippen LogP contribution in [0.2, 0.25) is 0 Å². The number of piperazine rings is 1. The largest absolute Gasteiger partial charge is 0.465 e. The quantitative estimate of drug-likeness (QED) is 0.594. The second kappa shape index (κ2) is 10.5. The van der Waals surface area contributed by atoms with Crippen LogP contribution in [0.1, 0.15) is 38.1 Å². The first-order valence-corrected chi connectivity index (χ1v) is 12.9. The van der Waals surface area contributed by atoms with Crippen molar-refractivity contribution in [1.29, 1.82) is 0 Å². The lowest BCUT2D eigenvalue weighted by Crippen LogP contribution is -2.50. The van der Waals surface area contributed by atoms with E-state index in [4.69, 9.17) is 9.47 Å². The van der Waals surface area contributed by atoms with E-state index in [1.165, 1.54) is 51.9 Å². The topological polar surface area (TPSA) is 122 Å². The smallest absolute Gasteiger partial charge is 0.409 e. The Morgan fingerprint density at radius 3 is 2.24 bits per heavy atom. The summed E-state index contributed by atoms with van der Waals surface area (Å²) in [5.41, 5.74) is 1.28. The van der Waals surface area contributed by atoms with Gasteiger partial charge in [-0.3, -0.25) is 4.79 Å². The van der Waals surface area contributed by atoms with Crippen LogP contribution in [0.25, 0.3) is 0 Å². The summed E-state index contributed by atoms with van der Waals surface area (Å²) >= 11 is 1.27. The molecule has 184 valence electrons. The van der Waals surface area contributed by atoms with E-state index in [1.807, 2.05) is 6.92 Å². The number of thiophene rings is 1. The monoisotopic (exact) mass is 509 g/mol. The molecule has 1 fully saturated rings. The fourth-order valence-corrected chi connectivity index (χ4v) is 5.96. The predicted octanol–water partition coefficient (Wildman–Crippen LogP) is 2.87. The van der Waals surface area contributed by atoms with Crippen molar-refractivity contribution in [2.75, 3.05) is 45.2 Å². The number of ether oxygens (including phenoxy) is 2. The summed E-state index contributed by atoms with van der Waals surface area (Å²) in [7, 11) is -2.51. The second-order valence-corrected chi connectivity index (χ2v) is 10.7. The van der Waals surface area contributed by atoms with E-state index < -0.39 is 28.0 Å². The summed E-state index contributed by atoms with van der Waals surface area (Å²) in [5, 5.41) is 3.10. The number of hydrogen-bond donors (Lipinski definition) is 1. The number of sulfonamides is 1. The molecule has 1 aliphatic heterocycles. The molecule has 2 heterocycles. The highest BCUT2D eigenvalue weighted by atomic mass is 32.2. The van der Waals surface area contributed by atoms with Gasteiger partial charge in [0.1, 0.15) is 5.00 Å². The number of esters is 1. The van der Waals surface area contributed by atoms with Crippen molar-refractivity contribution in [2.24, 2.45) is 0 Å². The van der Waals surface area contributed by atoms with Gasteiger partial charge in [0.05, 0.1) is 24.2 Å². The van der Waals surface area contributed by atoms with Crippen LogP contribution in [0.4, 0.5) is 9.80 Å². The molecule has 3 rings (SSSR count). The van der Waals surface area contributed by atoms with Gasteiger partial charge in [-0.05, 0) is 50.6 Å². The summed E-state index contributed by atoms with van der Waals surface area (Å²) in [6, 6.07) is 5.58. The summed E-state index contributed by atoms with van der Waals surface area (Å²) in [6.45, 7) is 6.36. The van der Waals surface area contributed by atoms with Gasteiger partial charge >= 0.3 is 12.1 Å². The highest BCUT2D eigenvalue weighted by Gasteiger charge is 2.31. The van der Waals surface area contributed by atoms with Crippen molar-refractivity contribution >= 4 is 44.3 Å². The van der Waals surface area contributed by atoms with Crippen molar-refractivity contribution in [3.05, 3.63) is 45.8 Å². The molecule has 0 aliphatic carbocycles. The number of amides is 2. The molecular weight excluding hydrogens is 482 g/mol. The molecule has 0 bridgehead atoms. The molecule has 34 heavy (non-hydrogen) atoms. The fourth-order valence-electron chi connectivity index (χ4n) is 3.49. The molecule has 10 nitrogen and oxygen atoms in total. The van der Waals surface area contributed by atoms with E-state index in [2.05, 4.69) is 5.32 Å². The van der Waals surface area contributed by atoms with Gasteiger partial charge in [-0.15, -0.1) is 11.3 Å². The van der Waals surface area contributed by atoms with Crippen LogP contribution in [0.15, 0.2) is 29.2 Å². The lowest BCUT2D eigenvalue weighted by atomic mass is 10.1. The van der Waals surface area contributed by atoms with E-state index in [0.29, 0.717) is 10.6 Å². The SMILES string of the molecule is CCOC(=O)N1CCN(S(=O)(=O)c2ccc(C(=O)Nc3sc(C)c(C)c3C(=O)OC)cc2)CC1. The third kappa shape index (κ3) is 5.24. The minimum absolute atomic E-state index is 0.0479. The summed E-state index contributed by atoms with van der Waals surface area (Å²) in [4.78, 5) is 39.1. The number of methoxy groups -OCH3 is 1. The number of nitrogens with zero attached hydrogens (tertiary/aromatic N) is 2. The number of hydrogen-bond acceptors (Lipinski definition) is 8. The third-order valence-corrected chi connectivity index (χ3v) is 8.56. The maximum atomic E-state index is 13.0. The Bertz CT molecular complexity index is 1180. The Kier molecular flexibility index (Phi) is 7.95. The zero-order valence-electron chi connectivity index (χ0n) is 19.4. The molecule has 0 atom stereocenters. The molecule has 1 aromatic carbocycles. The van der Waals surface area contributed by atoms with Gasteiger partial charge in [0.15, 0.2) is 0 Å². The predicted molar refractivity (Wildman–Crippen MR) is 127 cm³/mol. The molecule has 0 unspecified atom stereocenters. The van der Waals surface area contributed by atoms with Gasteiger partial charge in [-0.1, -0.05) is 0 Å². The first-order valence-electron chi connectivity index (χ1n) is 10.6. The molecule has 2 amide bonds. The average Bonchev–Trinajstić information content (AvgIpc) is 3.11. The van der Waals surface area contributed by atoms with Crippen molar-refractivity contribution in [3.63, 3.8) is 0 Å². The minimum Gasteiger partial charge on any atom is -0.465 e. The molecule has 1 N–H and O–H groups in total. The third-order valence-electron chi connectivity index (χ3n) is 5.52. The number of anilines is 1. The van der Waals surface area contributed by atoms with Crippen LogP contribution in [0.3, 0.4) is 0 Å². The first kappa shape index (κ1) is 25.7. The molecule has 0 radical (unpaired) electrons. The maximum Gasteiger partial charge on any atom is 0.409 e. The van der Waals surface area contributed by atoms with Crippen LogP contribution in [-0.2, 0) is 19.5 Å². The number of rotatable bonds is 6. The van der Waals surface area contributed by atoms with Crippen LogP contribution in [-0.4, -0.2) is 75.5 Å². The average molecular weight is 510 g/mol. The van der Waals surface area contributed by atoms with Gasteiger partial charge in [0.2, 0.25) is 10.0 Å². The van der Waals surface area contributed by atoms with Crippen molar-refractivity contribution in [3.8, 4) is 0 Å². The zero-order valence-corrected chi connectivity index (χ0v) is 21.0. The number of carbonyl (C=O) groups excluding carboxylic acids is 3. The van der Waals surface area contributed by atoms with Gasteiger partial charge in [-0.2, -0.15) is 4.31 Å². The van der Waals surface area contributed by atoms with Gasteiger partial charge in [-0.25, -0.2) is 18.0 Å². The van der Waals surface area contributed by atoms with E-state index in [0.717, 1.165) is 10.4 Å². The molecule has 0 saturated carbocycles. The van der Waals surface area contributed by atoms with Crippen molar-refractivity contribution in [2.45, 2.75) is 25.7 Å². The van der Waals surface area contributed by atoms with Crippen LogP contribution >= 0.6 is 11.3 Å².